The molecule has 0 N–H and O–H groups in total. The van der Waals surface area contributed by atoms with Gasteiger partial charge in [0.15, 0.2) is 5.82 Å². The van der Waals surface area contributed by atoms with Gasteiger partial charge in [-0.15, -0.1) is 5.10 Å². The van der Waals surface area contributed by atoms with E-state index in [9.17, 15) is 0 Å². The van der Waals surface area contributed by atoms with Crippen molar-refractivity contribution in [2.45, 2.75) is 45.4 Å². The van der Waals surface area contributed by atoms with Crippen LogP contribution in [0, 0.1) is 5.92 Å². The molecule has 0 saturated carbocycles. The van der Waals surface area contributed by atoms with Gasteiger partial charge in [0.25, 0.3) is 0 Å². The predicted molar refractivity (Wildman–Crippen MR) is 81.1 cm³/mol. The third-order valence-electron chi connectivity index (χ3n) is 4.40. The maximum Gasteiger partial charge on any atom is 0.247 e. The first-order chi connectivity index (χ1) is 9.83. The molecule has 1 aromatic rings. The average Bonchev–Trinajstić information content (AvgIpc) is 2.76. The van der Waals surface area contributed by atoms with Crippen LogP contribution in [0.1, 0.15) is 45.4 Å². The van der Waals surface area contributed by atoms with Crippen LogP contribution in [0.5, 0.6) is 0 Å². The SMILES string of the molecule is CC1CCCN(c2nncc(N3CCCCCC3)n2)C1. The molecule has 2 saturated heterocycles. The predicted octanol–water partition coefficient (Wildman–Crippen LogP) is 2.49. The lowest BCUT2D eigenvalue weighted by atomic mass is 10.0. The van der Waals surface area contributed by atoms with Crippen molar-refractivity contribution in [3.63, 3.8) is 0 Å². The van der Waals surface area contributed by atoms with Gasteiger partial charge in [0.2, 0.25) is 5.95 Å². The van der Waals surface area contributed by atoms with E-state index in [1.165, 1.54) is 38.5 Å². The molecule has 1 unspecified atom stereocenters. The Morgan fingerprint density at radius 1 is 1.00 bits per heavy atom. The summed E-state index contributed by atoms with van der Waals surface area (Å²) in [6, 6.07) is 0. The molecule has 0 aliphatic carbocycles. The van der Waals surface area contributed by atoms with Crippen molar-refractivity contribution in [2.24, 2.45) is 5.92 Å². The van der Waals surface area contributed by atoms with E-state index in [0.717, 1.165) is 43.9 Å². The van der Waals surface area contributed by atoms with Gasteiger partial charge in [-0.1, -0.05) is 19.8 Å². The van der Waals surface area contributed by atoms with E-state index in [1.54, 1.807) is 0 Å². The summed E-state index contributed by atoms with van der Waals surface area (Å²) in [5.74, 6) is 2.56. The van der Waals surface area contributed by atoms with Gasteiger partial charge >= 0.3 is 0 Å². The van der Waals surface area contributed by atoms with E-state index in [2.05, 4.69) is 26.9 Å². The van der Waals surface area contributed by atoms with Crippen molar-refractivity contribution in [1.82, 2.24) is 15.2 Å². The molecule has 0 radical (unpaired) electrons. The zero-order valence-electron chi connectivity index (χ0n) is 12.5. The fraction of sp³-hybridized carbons (Fsp3) is 0.800. The van der Waals surface area contributed by atoms with E-state index in [4.69, 9.17) is 4.98 Å². The molecule has 2 fully saturated rings. The molecule has 5 heteroatoms. The molecule has 20 heavy (non-hydrogen) atoms. The fourth-order valence-electron chi connectivity index (χ4n) is 3.24. The van der Waals surface area contributed by atoms with Crippen LogP contribution in [0.25, 0.3) is 0 Å². The van der Waals surface area contributed by atoms with Crippen molar-refractivity contribution in [1.29, 1.82) is 0 Å². The van der Waals surface area contributed by atoms with Crippen molar-refractivity contribution >= 4 is 11.8 Å². The maximum absolute atomic E-state index is 4.77. The van der Waals surface area contributed by atoms with Crippen LogP contribution >= 0.6 is 0 Å². The minimum Gasteiger partial charge on any atom is -0.355 e. The molecule has 5 nitrogen and oxygen atoms in total. The molecule has 0 amide bonds. The highest BCUT2D eigenvalue weighted by Crippen LogP contribution is 2.22. The topological polar surface area (TPSA) is 45.2 Å². The number of rotatable bonds is 2. The Morgan fingerprint density at radius 3 is 2.50 bits per heavy atom. The van der Waals surface area contributed by atoms with Crippen LogP contribution < -0.4 is 9.80 Å². The third kappa shape index (κ3) is 3.19. The van der Waals surface area contributed by atoms with Crippen LogP contribution in [-0.4, -0.2) is 41.4 Å². The van der Waals surface area contributed by atoms with Gasteiger partial charge in [-0.05, 0) is 31.6 Å². The smallest absolute Gasteiger partial charge is 0.247 e. The van der Waals surface area contributed by atoms with Gasteiger partial charge in [0.1, 0.15) is 0 Å². The Bertz CT molecular complexity index is 411. The number of aromatic nitrogens is 3. The van der Waals surface area contributed by atoms with Gasteiger partial charge in [0.05, 0.1) is 6.20 Å². The molecule has 1 atom stereocenters. The molecular weight excluding hydrogens is 250 g/mol. The second-order valence-corrected chi connectivity index (χ2v) is 6.21. The molecule has 2 aliphatic heterocycles. The van der Waals surface area contributed by atoms with Crippen molar-refractivity contribution in [3.05, 3.63) is 6.20 Å². The Labute approximate surface area is 121 Å². The van der Waals surface area contributed by atoms with Gasteiger partial charge in [-0.3, -0.25) is 0 Å². The normalized spacial score (nSPS) is 24.6. The molecule has 0 bridgehead atoms. The van der Waals surface area contributed by atoms with Crippen LogP contribution in [-0.2, 0) is 0 Å². The minimum atomic E-state index is 0.731. The zero-order valence-corrected chi connectivity index (χ0v) is 12.5. The zero-order chi connectivity index (χ0) is 13.8. The molecule has 2 aliphatic rings. The minimum absolute atomic E-state index is 0.731. The average molecular weight is 275 g/mol. The second kappa shape index (κ2) is 6.37. The number of anilines is 2. The highest BCUT2D eigenvalue weighted by Gasteiger charge is 2.20. The van der Waals surface area contributed by atoms with E-state index >= 15 is 0 Å². The van der Waals surface area contributed by atoms with Crippen molar-refractivity contribution in [2.75, 3.05) is 36.0 Å². The first-order valence-electron chi connectivity index (χ1n) is 8.02. The molecule has 0 aromatic carbocycles. The number of nitrogens with zero attached hydrogens (tertiary/aromatic N) is 5. The Kier molecular flexibility index (Phi) is 4.33. The maximum atomic E-state index is 4.77. The summed E-state index contributed by atoms with van der Waals surface area (Å²) in [6.45, 7) is 6.64. The molecule has 110 valence electrons. The quantitative estimate of drug-likeness (QED) is 0.829. The highest BCUT2D eigenvalue weighted by atomic mass is 15.3. The summed E-state index contributed by atoms with van der Waals surface area (Å²) in [5.41, 5.74) is 0. The van der Waals surface area contributed by atoms with Gasteiger partial charge in [-0.25, -0.2) is 0 Å². The molecule has 3 heterocycles. The van der Waals surface area contributed by atoms with Gasteiger partial charge in [-0.2, -0.15) is 10.1 Å². The van der Waals surface area contributed by atoms with Crippen molar-refractivity contribution in [3.8, 4) is 0 Å². The van der Waals surface area contributed by atoms with E-state index in [1.807, 2.05) is 6.20 Å². The summed E-state index contributed by atoms with van der Waals surface area (Å²) in [7, 11) is 0. The largest absolute Gasteiger partial charge is 0.355 e. The first kappa shape index (κ1) is 13.6. The van der Waals surface area contributed by atoms with Gasteiger partial charge < -0.3 is 9.80 Å². The van der Waals surface area contributed by atoms with Crippen LogP contribution in [0.3, 0.4) is 0 Å². The van der Waals surface area contributed by atoms with E-state index < -0.39 is 0 Å². The number of hydrogen-bond donors (Lipinski definition) is 0. The molecule has 0 spiro atoms. The summed E-state index contributed by atoms with van der Waals surface area (Å²) in [6.07, 6.45) is 9.58. The monoisotopic (exact) mass is 275 g/mol. The van der Waals surface area contributed by atoms with E-state index in [0.29, 0.717) is 0 Å². The standard InChI is InChI=1S/C15H25N5/c1-13-7-6-10-20(12-13)15-17-14(11-16-18-15)19-8-4-2-3-5-9-19/h11,13H,2-10,12H2,1H3. The van der Waals surface area contributed by atoms with Crippen molar-refractivity contribution < 1.29 is 0 Å². The van der Waals surface area contributed by atoms with E-state index in [-0.39, 0.29) is 0 Å². The lowest BCUT2D eigenvalue weighted by Gasteiger charge is -2.31. The van der Waals surface area contributed by atoms with Crippen LogP contribution in [0.2, 0.25) is 0 Å². The summed E-state index contributed by atoms with van der Waals surface area (Å²) < 4.78 is 0. The van der Waals surface area contributed by atoms with Crippen LogP contribution in [0.4, 0.5) is 11.8 Å². The first-order valence-corrected chi connectivity index (χ1v) is 8.02. The Balaban J connectivity index is 1.74. The lowest BCUT2D eigenvalue weighted by molar-refractivity contribution is 0.441. The highest BCUT2D eigenvalue weighted by molar-refractivity contribution is 5.41. The molecule has 3 rings (SSSR count). The summed E-state index contributed by atoms with van der Waals surface area (Å²) >= 11 is 0. The van der Waals surface area contributed by atoms with Crippen LogP contribution in [0.15, 0.2) is 6.20 Å². The summed E-state index contributed by atoms with van der Waals surface area (Å²) in [5, 5.41) is 8.45. The fourth-order valence-corrected chi connectivity index (χ4v) is 3.24. The van der Waals surface area contributed by atoms with Gasteiger partial charge in [0, 0.05) is 26.2 Å². The second-order valence-electron chi connectivity index (χ2n) is 6.21. The number of hydrogen-bond acceptors (Lipinski definition) is 5. The number of piperidine rings is 1. The Hall–Kier alpha value is -1.39. The summed E-state index contributed by atoms with van der Waals surface area (Å²) in [4.78, 5) is 9.44. The molecule has 1 aromatic heterocycles. The molecular formula is C15H25N5. The Morgan fingerprint density at radius 2 is 1.75 bits per heavy atom. The third-order valence-corrected chi connectivity index (χ3v) is 4.40. The lowest BCUT2D eigenvalue weighted by Crippen LogP contribution is -2.36.